The number of sulfonamides is 1. The van der Waals surface area contributed by atoms with E-state index in [0.717, 1.165) is 6.07 Å². The fourth-order valence-corrected chi connectivity index (χ4v) is 4.55. The Hall–Kier alpha value is -3.47. The van der Waals surface area contributed by atoms with Gasteiger partial charge in [0.1, 0.15) is 12.2 Å². The first-order valence-electron chi connectivity index (χ1n) is 9.28. The zero-order chi connectivity index (χ0) is 24.0. The van der Waals surface area contributed by atoms with Gasteiger partial charge >= 0.3 is 0 Å². The van der Waals surface area contributed by atoms with Gasteiger partial charge in [-0.15, -0.1) is 0 Å². The molecule has 0 radical (unpaired) electrons. The van der Waals surface area contributed by atoms with E-state index in [9.17, 15) is 23.3 Å². The van der Waals surface area contributed by atoms with Crippen LogP contribution in [0.3, 0.4) is 0 Å². The first kappa shape index (κ1) is 24.2. The van der Waals surface area contributed by atoms with Crippen molar-refractivity contribution >= 4 is 56.7 Å². The third kappa shape index (κ3) is 5.86. The smallest absolute Gasteiger partial charge is 0.271 e. The number of nitro groups is 1. The van der Waals surface area contributed by atoms with Crippen LogP contribution in [0.1, 0.15) is 5.56 Å². The van der Waals surface area contributed by atoms with Gasteiger partial charge in [-0.1, -0.05) is 59.6 Å². The van der Waals surface area contributed by atoms with E-state index >= 15 is 0 Å². The number of anilines is 1. The predicted molar refractivity (Wildman–Crippen MR) is 126 cm³/mol. The van der Waals surface area contributed by atoms with Crippen LogP contribution in [-0.4, -0.2) is 32.0 Å². The highest BCUT2D eigenvalue weighted by Gasteiger charge is 2.31. The van der Waals surface area contributed by atoms with Crippen LogP contribution in [0.2, 0.25) is 10.0 Å². The van der Waals surface area contributed by atoms with Crippen molar-refractivity contribution < 1.29 is 18.1 Å². The number of carbonyl (C=O) groups is 1. The Morgan fingerprint density at radius 2 is 1.70 bits per heavy atom. The summed E-state index contributed by atoms with van der Waals surface area (Å²) < 4.78 is 27.2. The Balaban J connectivity index is 1.90. The molecular formula is C21H16Cl2N4O5S. The van der Waals surface area contributed by atoms with Crippen molar-refractivity contribution in [3.63, 3.8) is 0 Å². The summed E-state index contributed by atoms with van der Waals surface area (Å²) in [4.78, 5) is 23.2. The molecule has 3 aromatic rings. The predicted octanol–water partition coefficient (Wildman–Crippen LogP) is 4.25. The summed E-state index contributed by atoms with van der Waals surface area (Å²) in [6, 6.07) is 17.2. The third-order valence-corrected chi connectivity index (χ3v) is 6.83. The van der Waals surface area contributed by atoms with Gasteiger partial charge in [-0.25, -0.2) is 18.1 Å². The topological polar surface area (TPSA) is 122 Å². The highest BCUT2D eigenvalue weighted by atomic mass is 35.5. The molecule has 1 N–H and O–H groups in total. The van der Waals surface area contributed by atoms with Gasteiger partial charge in [0.05, 0.1) is 26.1 Å². The van der Waals surface area contributed by atoms with Crippen LogP contribution in [-0.2, 0) is 14.8 Å². The summed E-state index contributed by atoms with van der Waals surface area (Å²) in [5.74, 6) is -0.816. The van der Waals surface area contributed by atoms with E-state index in [1.54, 1.807) is 18.2 Å². The molecule has 3 aromatic carbocycles. The van der Waals surface area contributed by atoms with E-state index in [0.29, 0.717) is 19.9 Å². The molecule has 33 heavy (non-hydrogen) atoms. The number of carbonyl (C=O) groups excluding carboxylic acids is 1. The van der Waals surface area contributed by atoms with Gasteiger partial charge in [-0.05, 0) is 35.9 Å². The quantitative estimate of drug-likeness (QED) is 0.278. The van der Waals surface area contributed by atoms with Crippen molar-refractivity contribution in [2.75, 3.05) is 10.8 Å². The fourth-order valence-electron chi connectivity index (χ4n) is 2.79. The average molecular weight is 507 g/mol. The van der Waals surface area contributed by atoms with Crippen LogP contribution in [0.25, 0.3) is 0 Å². The third-order valence-electron chi connectivity index (χ3n) is 4.31. The van der Waals surface area contributed by atoms with Crippen LogP contribution in [0.4, 0.5) is 11.4 Å². The van der Waals surface area contributed by atoms with Gasteiger partial charge < -0.3 is 0 Å². The molecule has 1 amide bonds. The molecule has 0 heterocycles. The molecule has 0 saturated heterocycles. The molecule has 170 valence electrons. The zero-order valence-corrected chi connectivity index (χ0v) is 19.1. The lowest BCUT2D eigenvalue weighted by atomic mass is 10.2. The fraction of sp³-hybridized carbons (Fsp3) is 0.0476. The number of nitrogens with one attached hydrogen (secondary N) is 1. The Bertz CT molecular complexity index is 1320. The Labute approximate surface area is 199 Å². The largest absolute Gasteiger partial charge is 0.293 e. The summed E-state index contributed by atoms with van der Waals surface area (Å²) in [6.07, 6.45) is 1.29. The van der Waals surface area contributed by atoms with Crippen molar-refractivity contribution in [1.29, 1.82) is 0 Å². The molecule has 0 aliphatic rings. The molecule has 0 saturated carbocycles. The minimum absolute atomic E-state index is 0.129. The number of para-hydroxylation sites is 2. The Morgan fingerprint density at radius 1 is 1.03 bits per heavy atom. The normalized spacial score (nSPS) is 11.3. The van der Waals surface area contributed by atoms with Gasteiger partial charge in [0, 0.05) is 6.07 Å². The van der Waals surface area contributed by atoms with E-state index in [1.807, 2.05) is 0 Å². The lowest BCUT2D eigenvalue weighted by Gasteiger charge is -2.23. The number of nitro benzene ring substituents is 1. The number of halogens is 2. The summed E-state index contributed by atoms with van der Waals surface area (Å²) in [7, 11) is -4.31. The van der Waals surface area contributed by atoms with Crippen LogP contribution in [0.15, 0.2) is 82.8 Å². The summed E-state index contributed by atoms with van der Waals surface area (Å²) in [6.45, 7) is -0.749. The minimum Gasteiger partial charge on any atom is -0.271 e. The highest BCUT2D eigenvalue weighted by Crippen LogP contribution is 2.32. The molecule has 0 unspecified atom stereocenters. The second-order valence-corrected chi connectivity index (χ2v) is 9.21. The number of hydrogen-bond donors (Lipinski definition) is 1. The van der Waals surface area contributed by atoms with Gasteiger partial charge in [-0.2, -0.15) is 5.10 Å². The van der Waals surface area contributed by atoms with Crippen LogP contribution in [0, 0.1) is 10.1 Å². The molecular weight excluding hydrogens is 491 g/mol. The SMILES string of the molecule is O=C(CN(c1ccccc1[N+](=O)[O-])S(=O)(=O)c1ccccc1)N/N=C\c1ccc(Cl)c(Cl)c1. The second kappa shape index (κ2) is 10.4. The zero-order valence-electron chi connectivity index (χ0n) is 16.8. The van der Waals surface area contributed by atoms with Crippen LogP contribution >= 0.6 is 23.2 Å². The van der Waals surface area contributed by atoms with Crippen LogP contribution < -0.4 is 9.73 Å². The first-order chi connectivity index (χ1) is 15.7. The van der Waals surface area contributed by atoms with E-state index in [4.69, 9.17) is 23.2 Å². The van der Waals surface area contributed by atoms with E-state index in [2.05, 4.69) is 10.5 Å². The second-order valence-electron chi connectivity index (χ2n) is 6.54. The lowest BCUT2D eigenvalue weighted by molar-refractivity contribution is -0.384. The van der Waals surface area contributed by atoms with Gasteiger partial charge in [0.2, 0.25) is 0 Å². The molecule has 0 spiro atoms. The average Bonchev–Trinajstić information content (AvgIpc) is 2.80. The summed E-state index contributed by atoms with van der Waals surface area (Å²) in [5.41, 5.74) is 2.03. The van der Waals surface area contributed by atoms with Crippen molar-refractivity contribution in [2.24, 2.45) is 5.10 Å². The number of nitrogens with zero attached hydrogens (tertiary/aromatic N) is 3. The maximum absolute atomic E-state index is 13.3. The molecule has 0 aliphatic carbocycles. The lowest BCUT2D eigenvalue weighted by Crippen LogP contribution is -2.39. The van der Waals surface area contributed by atoms with Gasteiger partial charge in [0.15, 0.2) is 0 Å². The van der Waals surface area contributed by atoms with Crippen molar-refractivity contribution in [2.45, 2.75) is 4.90 Å². The molecule has 0 bridgehead atoms. The van der Waals surface area contributed by atoms with Crippen molar-refractivity contribution in [3.05, 3.63) is 98.5 Å². The molecule has 0 aromatic heterocycles. The van der Waals surface area contributed by atoms with Gasteiger partial charge in [0.25, 0.3) is 21.6 Å². The van der Waals surface area contributed by atoms with Crippen LogP contribution in [0.5, 0.6) is 0 Å². The molecule has 0 aliphatic heterocycles. The summed E-state index contributed by atoms with van der Waals surface area (Å²) in [5, 5.41) is 15.9. The maximum atomic E-state index is 13.3. The first-order valence-corrected chi connectivity index (χ1v) is 11.5. The van der Waals surface area contributed by atoms with E-state index in [-0.39, 0.29) is 10.6 Å². The number of amides is 1. The van der Waals surface area contributed by atoms with Crippen molar-refractivity contribution in [1.82, 2.24) is 5.43 Å². The molecule has 9 nitrogen and oxygen atoms in total. The van der Waals surface area contributed by atoms with E-state index in [1.165, 1.54) is 54.7 Å². The van der Waals surface area contributed by atoms with Gasteiger partial charge in [-0.3, -0.25) is 14.9 Å². The van der Waals surface area contributed by atoms with Crippen molar-refractivity contribution in [3.8, 4) is 0 Å². The Kier molecular flexibility index (Phi) is 7.64. The summed E-state index contributed by atoms with van der Waals surface area (Å²) >= 11 is 11.8. The highest BCUT2D eigenvalue weighted by molar-refractivity contribution is 7.92. The number of benzene rings is 3. The Morgan fingerprint density at radius 3 is 2.36 bits per heavy atom. The number of hydrazone groups is 1. The number of hydrogen-bond acceptors (Lipinski definition) is 6. The molecule has 12 heteroatoms. The monoisotopic (exact) mass is 506 g/mol. The molecule has 0 atom stereocenters. The van der Waals surface area contributed by atoms with E-state index < -0.39 is 33.1 Å². The minimum atomic E-state index is -4.31. The number of rotatable bonds is 8. The maximum Gasteiger partial charge on any atom is 0.293 e. The molecule has 0 fully saturated rings. The standard InChI is InChI=1S/C21H16Cl2N4O5S/c22-17-11-10-15(12-18(17)23)13-24-25-21(28)14-26(19-8-4-5-9-20(19)27(29)30)33(31,32)16-6-2-1-3-7-16/h1-13H,14H2,(H,25,28)/b24-13-. The molecule has 3 rings (SSSR count).